The van der Waals surface area contributed by atoms with Crippen LogP contribution in [0.15, 0.2) is 4.52 Å². The lowest BCUT2D eigenvalue weighted by Crippen LogP contribution is -2.37. The number of hydrogen-bond donors (Lipinski definition) is 1. The first-order valence-corrected chi connectivity index (χ1v) is 10.5. The molecule has 3 heterocycles. The second-order valence-electron chi connectivity index (χ2n) is 7.77. The van der Waals surface area contributed by atoms with Crippen molar-refractivity contribution in [2.24, 2.45) is 0 Å². The van der Waals surface area contributed by atoms with Gasteiger partial charge in [-0.2, -0.15) is 4.98 Å². The molecule has 1 saturated heterocycles. The van der Waals surface area contributed by atoms with Crippen LogP contribution in [0.2, 0.25) is 0 Å². The maximum absolute atomic E-state index is 12.4. The maximum atomic E-state index is 12.4. The van der Waals surface area contributed by atoms with Crippen LogP contribution in [0.3, 0.4) is 0 Å². The molecule has 1 aliphatic heterocycles. The molecule has 8 heteroatoms. The zero-order valence-corrected chi connectivity index (χ0v) is 16.6. The number of nitrogens with zero attached hydrogens (tertiary/aromatic N) is 4. The SMILES string of the molecule is Cc1noc2nc(CCC(=O)NC3CCCCCC3)nc(N3CCOCC3)c12. The molecule has 0 unspecified atom stereocenters. The fourth-order valence-electron chi connectivity index (χ4n) is 4.08. The smallest absolute Gasteiger partial charge is 0.263 e. The van der Waals surface area contributed by atoms with Gasteiger partial charge in [0.15, 0.2) is 0 Å². The average molecular weight is 387 g/mol. The monoisotopic (exact) mass is 387 g/mol. The van der Waals surface area contributed by atoms with E-state index in [1.165, 1.54) is 25.7 Å². The maximum Gasteiger partial charge on any atom is 0.263 e. The zero-order chi connectivity index (χ0) is 19.3. The van der Waals surface area contributed by atoms with Gasteiger partial charge in [-0.15, -0.1) is 0 Å². The third kappa shape index (κ3) is 4.43. The van der Waals surface area contributed by atoms with Crippen molar-refractivity contribution < 1.29 is 14.1 Å². The summed E-state index contributed by atoms with van der Waals surface area (Å²) in [4.78, 5) is 23.9. The van der Waals surface area contributed by atoms with Crippen LogP contribution in [0.1, 0.15) is 56.5 Å². The summed E-state index contributed by atoms with van der Waals surface area (Å²) in [5.74, 6) is 1.55. The lowest BCUT2D eigenvalue weighted by Gasteiger charge is -2.28. The molecule has 0 spiro atoms. The predicted molar refractivity (Wildman–Crippen MR) is 105 cm³/mol. The molecule has 0 aromatic carbocycles. The van der Waals surface area contributed by atoms with Crippen LogP contribution < -0.4 is 10.2 Å². The summed E-state index contributed by atoms with van der Waals surface area (Å²) in [6.07, 6.45) is 8.03. The number of hydrogen-bond acceptors (Lipinski definition) is 7. The standard InChI is InChI=1S/C20H29N5O3/c1-14-18-19(25-10-12-27-13-11-25)22-16(23-20(18)28-24-14)8-9-17(26)21-15-6-4-2-3-5-7-15/h15H,2-13H2,1H3,(H,21,26). The van der Waals surface area contributed by atoms with Gasteiger partial charge in [-0.25, -0.2) is 4.98 Å². The first-order valence-electron chi connectivity index (χ1n) is 10.5. The molecule has 1 N–H and O–H groups in total. The molecule has 0 bridgehead atoms. The molecule has 28 heavy (non-hydrogen) atoms. The Morgan fingerprint density at radius 2 is 1.89 bits per heavy atom. The van der Waals surface area contributed by atoms with Crippen LogP contribution in [-0.2, 0) is 16.0 Å². The summed E-state index contributed by atoms with van der Waals surface area (Å²) in [7, 11) is 0. The van der Waals surface area contributed by atoms with E-state index in [0.717, 1.165) is 42.8 Å². The van der Waals surface area contributed by atoms with E-state index in [4.69, 9.17) is 14.2 Å². The highest BCUT2D eigenvalue weighted by molar-refractivity contribution is 5.88. The lowest BCUT2D eigenvalue weighted by molar-refractivity contribution is -0.121. The van der Waals surface area contributed by atoms with E-state index in [9.17, 15) is 4.79 Å². The Morgan fingerprint density at radius 1 is 1.14 bits per heavy atom. The molecule has 2 aliphatic rings. The highest BCUT2D eigenvalue weighted by atomic mass is 16.5. The van der Waals surface area contributed by atoms with Gasteiger partial charge in [0.25, 0.3) is 5.71 Å². The number of morpholine rings is 1. The largest absolute Gasteiger partial charge is 0.378 e. The topological polar surface area (TPSA) is 93.4 Å². The third-order valence-electron chi connectivity index (χ3n) is 5.64. The Balaban J connectivity index is 1.45. The van der Waals surface area contributed by atoms with Crippen LogP contribution in [0, 0.1) is 6.92 Å². The second-order valence-corrected chi connectivity index (χ2v) is 7.77. The molecule has 1 aliphatic carbocycles. The second kappa shape index (κ2) is 8.86. The summed E-state index contributed by atoms with van der Waals surface area (Å²) in [5.41, 5.74) is 1.28. The highest BCUT2D eigenvalue weighted by Crippen LogP contribution is 2.27. The van der Waals surface area contributed by atoms with Gasteiger partial charge in [0, 0.05) is 32.0 Å². The van der Waals surface area contributed by atoms with Crippen LogP contribution in [0.4, 0.5) is 5.82 Å². The normalized spacial score (nSPS) is 19.0. The molecule has 8 nitrogen and oxygen atoms in total. The van der Waals surface area contributed by atoms with Crippen molar-refractivity contribution >= 4 is 22.8 Å². The molecule has 1 saturated carbocycles. The molecule has 0 atom stereocenters. The molecule has 4 rings (SSSR count). The van der Waals surface area contributed by atoms with E-state index in [0.29, 0.717) is 43.6 Å². The third-order valence-corrected chi connectivity index (χ3v) is 5.64. The first kappa shape index (κ1) is 19.1. The number of fused-ring (bicyclic) bond motifs is 1. The van der Waals surface area contributed by atoms with Crippen molar-refractivity contribution in [1.29, 1.82) is 0 Å². The van der Waals surface area contributed by atoms with Gasteiger partial charge >= 0.3 is 0 Å². The Morgan fingerprint density at radius 3 is 2.64 bits per heavy atom. The van der Waals surface area contributed by atoms with Crippen molar-refractivity contribution in [3.63, 3.8) is 0 Å². The molecule has 2 aromatic heterocycles. The lowest BCUT2D eigenvalue weighted by atomic mass is 10.1. The summed E-state index contributed by atoms with van der Waals surface area (Å²) >= 11 is 0. The van der Waals surface area contributed by atoms with Crippen molar-refractivity contribution in [2.75, 3.05) is 31.2 Å². The quantitative estimate of drug-likeness (QED) is 0.788. The Kier molecular flexibility index (Phi) is 6.04. The summed E-state index contributed by atoms with van der Waals surface area (Å²) in [5, 5.41) is 8.11. The highest BCUT2D eigenvalue weighted by Gasteiger charge is 2.22. The van der Waals surface area contributed by atoms with E-state index >= 15 is 0 Å². The summed E-state index contributed by atoms with van der Waals surface area (Å²) in [6.45, 7) is 4.81. The Bertz CT molecular complexity index is 808. The molecule has 2 fully saturated rings. The number of nitrogens with one attached hydrogen (secondary N) is 1. The van der Waals surface area contributed by atoms with E-state index in [1.54, 1.807) is 0 Å². The van der Waals surface area contributed by atoms with Crippen LogP contribution in [0.5, 0.6) is 0 Å². The van der Waals surface area contributed by atoms with Crippen molar-refractivity contribution in [1.82, 2.24) is 20.4 Å². The minimum Gasteiger partial charge on any atom is -0.378 e. The van der Waals surface area contributed by atoms with Gasteiger partial charge in [0.05, 0.1) is 18.9 Å². The minimum atomic E-state index is 0.0808. The molecular weight excluding hydrogens is 358 g/mol. The number of ether oxygens (including phenoxy) is 1. The van der Waals surface area contributed by atoms with E-state index in [-0.39, 0.29) is 5.91 Å². The van der Waals surface area contributed by atoms with Crippen LogP contribution >= 0.6 is 0 Å². The number of anilines is 1. The van der Waals surface area contributed by atoms with Gasteiger partial charge in [0.1, 0.15) is 17.0 Å². The Labute approximate surface area is 165 Å². The van der Waals surface area contributed by atoms with Crippen molar-refractivity contribution in [3.8, 4) is 0 Å². The summed E-state index contributed by atoms with van der Waals surface area (Å²) < 4.78 is 10.9. The average Bonchev–Trinajstić information content (AvgIpc) is 2.91. The molecule has 0 radical (unpaired) electrons. The van der Waals surface area contributed by atoms with Gasteiger partial charge in [-0.3, -0.25) is 4.79 Å². The van der Waals surface area contributed by atoms with E-state index < -0.39 is 0 Å². The number of carbonyl (C=O) groups is 1. The van der Waals surface area contributed by atoms with Gasteiger partial charge < -0.3 is 19.5 Å². The van der Waals surface area contributed by atoms with E-state index in [1.807, 2.05) is 6.92 Å². The Hall–Kier alpha value is -2.22. The van der Waals surface area contributed by atoms with Crippen molar-refractivity contribution in [2.45, 2.75) is 64.3 Å². The molecule has 152 valence electrons. The zero-order valence-electron chi connectivity index (χ0n) is 16.6. The minimum absolute atomic E-state index is 0.0808. The number of rotatable bonds is 5. The fourth-order valence-corrected chi connectivity index (χ4v) is 4.08. The van der Waals surface area contributed by atoms with Crippen molar-refractivity contribution in [3.05, 3.63) is 11.5 Å². The van der Waals surface area contributed by atoms with Crippen LogP contribution in [-0.4, -0.2) is 53.4 Å². The van der Waals surface area contributed by atoms with E-state index in [2.05, 4.69) is 20.4 Å². The number of amides is 1. The number of aromatic nitrogens is 3. The van der Waals surface area contributed by atoms with Gasteiger partial charge in [-0.1, -0.05) is 30.8 Å². The number of aryl methyl sites for hydroxylation is 2. The van der Waals surface area contributed by atoms with Crippen LogP contribution in [0.25, 0.3) is 11.1 Å². The number of carbonyl (C=O) groups excluding carboxylic acids is 1. The van der Waals surface area contributed by atoms with Gasteiger partial charge in [0.2, 0.25) is 5.91 Å². The fraction of sp³-hybridized carbons (Fsp3) is 0.700. The summed E-state index contributed by atoms with van der Waals surface area (Å²) in [6, 6.07) is 0.319. The first-order chi connectivity index (χ1) is 13.7. The molecular formula is C20H29N5O3. The molecule has 1 amide bonds. The predicted octanol–water partition coefficient (Wildman–Crippen LogP) is 2.53. The molecule has 2 aromatic rings. The van der Waals surface area contributed by atoms with Gasteiger partial charge in [-0.05, 0) is 19.8 Å².